The van der Waals surface area contributed by atoms with Crippen LogP contribution in [0.5, 0.6) is 5.75 Å². The van der Waals surface area contributed by atoms with Gasteiger partial charge in [-0.25, -0.2) is 0 Å². The van der Waals surface area contributed by atoms with Crippen molar-refractivity contribution in [1.29, 1.82) is 0 Å². The maximum Gasteiger partial charge on any atom is 0.119 e. The van der Waals surface area contributed by atoms with Crippen molar-refractivity contribution in [3.63, 3.8) is 0 Å². The molecule has 1 aromatic carbocycles. The van der Waals surface area contributed by atoms with E-state index in [0.29, 0.717) is 0 Å². The minimum absolute atomic E-state index is 0.100. The molecule has 0 aliphatic carbocycles. The fourth-order valence-corrected chi connectivity index (χ4v) is 3.74. The van der Waals surface area contributed by atoms with Crippen molar-refractivity contribution >= 4 is 0 Å². The largest absolute Gasteiger partial charge is 0.491 e. The lowest BCUT2D eigenvalue weighted by molar-refractivity contribution is 0.242. The molecule has 0 saturated carbocycles. The second-order valence-corrected chi connectivity index (χ2v) is 8.26. The van der Waals surface area contributed by atoms with Gasteiger partial charge >= 0.3 is 0 Å². The molecule has 4 nitrogen and oxygen atoms in total. The van der Waals surface area contributed by atoms with Crippen LogP contribution in [-0.2, 0) is 0 Å². The van der Waals surface area contributed by atoms with Crippen LogP contribution in [0.2, 0.25) is 0 Å². The summed E-state index contributed by atoms with van der Waals surface area (Å²) < 4.78 is 5.74. The molecule has 2 heterocycles. The van der Waals surface area contributed by atoms with E-state index in [9.17, 15) is 0 Å². The predicted octanol–water partition coefficient (Wildman–Crippen LogP) is 4.63. The van der Waals surface area contributed by atoms with Gasteiger partial charge in [0.05, 0.1) is 11.8 Å². The lowest BCUT2D eigenvalue weighted by Gasteiger charge is -2.27. The van der Waals surface area contributed by atoms with Gasteiger partial charge in [0.25, 0.3) is 0 Å². The van der Waals surface area contributed by atoms with E-state index < -0.39 is 0 Å². The zero-order valence-corrected chi connectivity index (χ0v) is 17.4. The van der Waals surface area contributed by atoms with Crippen LogP contribution in [-0.4, -0.2) is 35.1 Å². The molecule has 0 bridgehead atoms. The van der Waals surface area contributed by atoms with Crippen molar-refractivity contribution in [2.24, 2.45) is 0 Å². The molecule has 3 rings (SSSR count). The van der Waals surface area contributed by atoms with Crippen molar-refractivity contribution in [3.05, 3.63) is 48.3 Å². The highest BCUT2D eigenvalue weighted by Gasteiger charge is 2.35. The average Bonchev–Trinajstić information content (AvgIpc) is 3.09. The fraction of sp³-hybridized carbons (Fsp3) is 0.458. The van der Waals surface area contributed by atoms with Crippen molar-refractivity contribution in [2.45, 2.75) is 57.7 Å². The van der Waals surface area contributed by atoms with Crippen LogP contribution in [0.3, 0.4) is 0 Å². The van der Waals surface area contributed by atoms with Gasteiger partial charge in [0.1, 0.15) is 5.75 Å². The molecule has 148 valence electrons. The quantitative estimate of drug-likeness (QED) is 0.564. The topological polar surface area (TPSA) is 37.4 Å². The van der Waals surface area contributed by atoms with Gasteiger partial charge in [0.15, 0.2) is 0 Å². The Morgan fingerprint density at radius 1 is 1.29 bits per heavy atom. The number of terminal acetylenes is 1. The minimum Gasteiger partial charge on any atom is -0.491 e. The lowest BCUT2D eigenvalue weighted by Crippen LogP contribution is -2.40. The first-order valence-electron chi connectivity index (χ1n) is 10.1. The Bertz CT molecular complexity index is 824. The number of nitrogens with one attached hydrogen (secondary N) is 1. The molecule has 0 amide bonds. The van der Waals surface area contributed by atoms with Gasteiger partial charge < -0.3 is 15.0 Å². The fourth-order valence-electron chi connectivity index (χ4n) is 3.74. The molecule has 1 aliphatic heterocycles. The number of aromatic nitrogens is 1. The summed E-state index contributed by atoms with van der Waals surface area (Å²) in [5.41, 5.74) is 3.57. The Morgan fingerprint density at radius 3 is 2.71 bits per heavy atom. The van der Waals surface area contributed by atoms with E-state index in [2.05, 4.69) is 47.5 Å². The number of ether oxygens (including phenoxy) is 1. The van der Waals surface area contributed by atoms with Gasteiger partial charge in [0.2, 0.25) is 0 Å². The molecule has 4 heteroatoms. The molecule has 1 aliphatic rings. The van der Waals surface area contributed by atoms with Crippen molar-refractivity contribution in [1.82, 2.24) is 15.2 Å². The zero-order valence-electron chi connectivity index (χ0n) is 17.4. The Morgan fingerprint density at radius 2 is 2.04 bits per heavy atom. The maximum absolute atomic E-state index is 5.74. The third kappa shape index (κ3) is 5.05. The highest BCUT2D eigenvalue weighted by atomic mass is 16.5. The molecule has 1 fully saturated rings. The standard InChI is InChI=1S/C24H31N3O/c1-6-27(5)16-14-24(4)13-11-22(26-24)23-17-20(12-15-25-23)19-7-9-21(10-8-19)28-18(2)3/h1,7-10,12,15,17-18,22,26H,11,13-14,16H2,2-5H3/t22-,24-/m0/s1. The molecule has 2 atom stereocenters. The first-order chi connectivity index (χ1) is 13.4. The van der Waals surface area contributed by atoms with Crippen LogP contribution >= 0.6 is 0 Å². The molecule has 1 saturated heterocycles. The van der Waals surface area contributed by atoms with E-state index in [4.69, 9.17) is 11.2 Å². The Hall–Kier alpha value is -2.51. The summed E-state index contributed by atoms with van der Waals surface area (Å²) in [6.45, 7) is 7.26. The van der Waals surface area contributed by atoms with E-state index in [1.807, 2.05) is 44.1 Å². The molecule has 28 heavy (non-hydrogen) atoms. The van der Waals surface area contributed by atoms with Gasteiger partial charge in [-0.15, -0.1) is 0 Å². The predicted molar refractivity (Wildman–Crippen MR) is 115 cm³/mol. The number of benzene rings is 1. The summed E-state index contributed by atoms with van der Waals surface area (Å²) in [5, 5.41) is 3.79. The van der Waals surface area contributed by atoms with Crippen molar-refractivity contribution in [3.8, 4) is 29.3 Å². The van der Waals surface area contributed by atoms with Crippen LogP contribution in [0.25, 0.3) is 11.1 Å². The number of nitrogens with zero attached hydrogens (tertiary/aromatic N) is 2. The molecule has 2 aromatic rings. The SMILES string of the molecule is C#CN(C)CC[C@]1(C)CC[C@@H](c2cc(-c3ccc(OC(C)C)cc3)ccn2)N1. The van der Waals surface area contributed by atoms with Gasteiger partial charge in [-0.1, -0.05) is 18.6 Å². The number of pyridine rings is 1. The van der Waals surface area contributed by atoms with Crippen molar-refractivity contribution < 1.29 is 4.74 Å². The Kier molecular flexibility index (Phi) is 6.26. The first-order valence-corrected chi connectivity index (χ1v) is 10.1. The van der Waals surface area contributed by atoms with Gasteiger partial charge in [0, 0.05) is 37.4 Å². The first kappa shape index (κ1) is 20.2. The van der Waals surface area contributed by atoms with E-state index in [1.165, 1.54) is 11.1 Å². The van der Waals surface area contributed by atoms with E-state index in [1.54, 1.807) is 0 Å². The number of rotatable bonds is 7. The summed E-state index contributed by atoms with van der Waals surface area (Å²) in [6, 6.07) is 15.5. The zero-order chi connectivity index (χ0) is 20.1. The Balaban J connectivity index is 1.69. The molecule has 0 unspecified atom stereocenters. The van der Waals surface area contributed by atoms with Crippen LogP contribution in [0.4, 0.5) is 0 Å². The van der Waals surface area contributed by atoms with E-state index in [-0.39, 0.29) is 17.7 Å². The molecule has 1 aromatic heterocycles. The highest BCUT2D eigenvalue weighted by molar-refractivity contribution is 5.64. The normalized spacial score (nSPS) is 21.5. The van der Waals surface area contributed by atoms with Crippen LogP contribution in [0, 0.1) is 12.5 Å². The minimum atomic E-state index is 0.100. The van der Waals surface area contributed by atoms with Gasteiger partial charge in [-0.2, -0.15) is 0 Å². The van der Waals surface area contributed by atoms with Gasteiger partial charge in [-0.05, 0) is 75.4 Å². The molecular formula is C24H31N3O. The van der Waals surface area contributed by atoms with Crippen molar-refractivity contribution in [2.75, 3.05) is 13.6 Å². The summed E-state index contributed by atoms with van der Waals surface area (Å²) >= 11 is 0. The third-order valence-electron chi connectivity index (χ3n) is 5.42. The van der Waals surface area contributed by atoms with Crippen LogP contribution in [0.1, 0.15) is 51.8 Å². The Labute approximate surface area is 169 Å². The second kappa shape index (κ2) is 8.67. The summed E-state index contributed by atoms with van der Waals surface area (Å²) in [4.78, 5) is 6.56. The number of hydrogen-bond acceptors (Lipinski definition) is 4. The summed E-state index contributed by atoms with van der Waals surface area (Å²) in [7, 11) is 1.96. The number of hydrogen-bond donors (Lipinski definition) is 1. The molecule has 0 radical (unpaired) electrons. The summed E-state index contributed by atoms with van der Waals surface area (Å²) in [5.74, 6) is 0.901. The van der Waals surface area contributed by atoms with E-state index in [0.717, 1.165) is 37.3 Å². The monoisotopic (exact) mass is 377 g/mol. The third-order valence-corrected chi connectivity index (χ3v) is 5.42. The molecular weight excluding hydrogens is 346 g/mol. The average molecular weight is 378 g/mol. The van der Waals surface area contributed by atoms with Gasteiger partial charge in [-0.3, -0.25) is 4.98 Å². The second-order valence-electron chi connectivity index (χ2n) is 8.26. The van der Waals surface area contributed by atoms with E-state index >= 15 is 0 Å². The smallest absolute Gasteiger partial charge is 0.119 e. The highest BCUT2D eigenvalue weighted by Crippen LogP contribution is 2.35. The lowest BCUT2D eigenvalue weighted by atomic mass is 9.96. The maximum atomic E-state index is 5.74. The summed E-state index contributed by atoms with van der Waals surface area (Å²) in [6.07, 6.45) is 10.8. The van der Waals surface area contributed by atoms with Crippen LogP contribution in [0.15, 0.2) is 42.6 Å². The molecule has 1 N–H and O–H groups in total. The molecule has 0 spiro atoms. The van der Waals surface area contributed by atoms with Crippen LogP contribution < -0.4 is 10.1 Å².